The lowest BCUT2D eigenvalue weighted by Crippen LogP contribution is -2.39. The van der Waals surface area contributed by atoms with Gasteiger partial charge in [0.15, 0.2) is 0 Å². The highest BCUT2D eigenvalue weighted by Crippen LogP contribution is 2.64. The van der Waals surface area contributed by atoms with Crippen LogP contribution in [0.2, 0.25) is 5.15 Å². The number of piperidine rings is 1. The molecule has 1 aliphatic heterocycles. The molecule has 1 saturated carbocycles. The lowest BCUT2D eigenvalue weighted by Gasteiger charge is -2.31. The minimum Gasteiger partial charge on any atom is -0.339 e. The van der Waals surface area contributed by atoms with Crippen LogP contribution in [0.3, 0.4) is 0 Å². The molecule has 1 atom stereocenters. The van der Waals surface area contributed by atoms with Crippen LogP contribution in [0.1, 0.15) is 31.1 Å². The van der Waals surface area contributed by atoms with E-state index < -0.39 is 10.0 Å². The SMILES string of the molecule is Cn1cnc(S(=O)(=O)N2CCC3(CC2)C[C@H]3c2nc(-c3cccnc3)no2)c1Cl. The topological polar surface area (TPSA) is 107 Å². The molecule has 152 valence electrons. The zero-order valence-electron chi connectivity index (χ0n) is 15.7. The summed E-state index contributed by atoms with van der Waals surface area (Å²) in [6.45, 7) is 0.852. The van der Waals surface area contributed by atoms with Crippen molar-refractivity contribution in [2.45, 2.75) is 30.2 Å². The second-order valence-electron chi connectivity index (χ2n) is 7.67. The van der Waals surface area contributed by atoms with E-state index in [1.165, 1.54) is 15.2 Å². The van der Waals surface area contributed by atoms with Gasteiger partial charge in [0.05, 0.1) is 6.33 Å². The molecule has 1 aliphatic carbocycles. The molecular formula is C18H19ClN6O3S. The molecule has 0 radical (unpaired) electrons. The maximum Gasteiger partial charge on any atom is 0.263 e. The van der Waals surface area contributed by atoms with Gasteiger partial charge in [0.1, 0.15) is 5.15 Å². The number of rotatable bonds is 4. The second kappa shape index (κ2) is 6.61. The summed E-state index contributed by atoms with van der Waals surface area (Å²) in [4.78, 5) is 12.6. The first-order chi connectivity index (χ1) is 13.9. The predicted octanol–water partition coefficient (Wildman–Crippen LogP) is 2.48. The van der Waals surface area contributed by atoms with Gasteiger partial charge in [-0.1, -0.05) is 16.8 Å². The molecule has 0 unspecified atom stereocenters. The second-order valence-corrected chi connectivity index (χ2v) is 9.88. The van der Waals surface area contributed by atoms with Crippen LogP contribution < -0.4 is 0 Å². The smallest absolute Gasteiger partial charge is 0.263 e. The summed E-state index contributed by atoms with van der Waals surface area (Å²) in [7, 11) is -2.03. The fourth-order valence-corrected chi connectivity index (χ4v) is 5.93. The molecule has 3 aromatic rings. The van der Waals surface area contributed by atoms with Gasteiger partial charge >= 0.3 is 0 Å². The number of sulfonamides is 1. The van der Waals surface area contributed by atoms with E-state index in [-0.39, 0.29) is 21.5 Å². The molecule has 1 saturated heterocycles. The largest absolute Gasteiger partial charge is 0.339 e. The van der Waals surface area contributed by atoms with Crippen molar-refractivity contribution in [1.29, 1.82) is 0 Å². The Balaban J connectivity index is 1.28. The number of pyridine rings is 1. The minimum absolute atomic E-state index is 0.0265. The predicted molar refractivity (Wildman–Crippen MR) is 104 cm³/mol. The zero-order valence-corrected chi connectivity index (χ0v) is 17.3. The monoisotopic (exact) mass is 434 g/mol. The van der Waals surface area contributed by atoms with Gasteiger partial charge in [0, 0.05) is 44.0 Å². The Morgan fingerprint density at radius 3 is 2.76 bits per heavy atom. The van der Waals surface area contributed by atoms with Crippen molar-refractivity contribution >= 4 is 21.6 Å². The molecule has 0 amide bonds. The summed E-state index contributed by atoms with van der Waals surface area (Å²) >= 11 is 6.10. The zero-order chi connectivity index (χ0) is 20.2. The summed E-state index contributed by atoms with van der Waals surface area (Å²) in [5.74, 6) is 1.32. The molecule has 4 heterocycles. The quantitative estimate of drug-likeness (QED) is 0.620. The molecule has 2 fully saturated rings. The lowest BCUT2D eigenvalue weighted by atomic mass is 9.92. The van der Waals surface area contributed by atoms with E-state index in [4.69, 9.17) is 16.1 Å². The standard InChI is InChI=1S/C18H19ClN6O3S/c1-24-11-21-17(14(24)19)29(26,27)25-7-4-18(5-8-25)9-13(18)16-22-15(23-28-16)12-3-2-6-20-10-12/h2-3,6,10-11,13H,4-5,7-9H2,1H3/t13-/m0/s1. The van der Waals surface area contributed by atoms with Gasteiger partial charge in [0.2, 0.25) is 16.7 Å². The van der Waals surface area contributed by atoms with Crippen molar-refractivity contribution in [3.63, 3.8) is 0 Å². The third-order valence-electron chi connectivity index (χ3n) is 5.99. The summed E-state index contributed by atoms with van der Waals surface area (Å²) in [6, 6.07) is 3.71. The van der Waals surface area contributed by atoms with E-state index in [1.54, 1.807) is 19.4 Å². The highest BCUT2D eigenvalue weighted by molar-refractivity contribution is 7.89. The maximum absolute atomic E-state index is 12.9. The van der Waals surface area contributed by atoms with E-state index in [2.05, 4.69) is 20.1 Å². The van der Waals surface area contributed by atoms with E-state index >= 15 is 0 Å². The number of halogens is 1. The average Bonchev–Trinajstić information content (AvgIpc) is 3.05. The summed E-state index contributed by atoms with van der Waals surface area (Å²) in [5, 5.41) is 4.12. The molecule has 0 aromatic carbocycles. The molecule has 0 N–H and O–H groups in total. The molecule has 11 heteroatoms. The van der Waals surface area contributed by atoms with E-state index in [0.717, 1.165) is 24.8 Å². The number of hydrogen-bond acceptors (Lipinski definition) is 7. The van der Waals surface area contributed by atoms with Crippen molar-refractivity contribution in [2.24, 2.45) is 12.5 Å². The first kappa shape index (κ1) is 18.7. The van der Waals surface area contributed by atoms with Crippen LogP contribution in [0.15, 0.2) is 40.4 Å². The van der Waals surface area contributed by atoms with Crippen LogP contribution in [-0.4, -0.2) is 50.5 Å². The maximum atomic E-state index is 12.9. The Labute approximate surface area is 172 Å². The van der Waals surface area contributed by atoms with Gasteiger partial charge in [-0.3, -0.25) is 4.98 Å². The normalized spacial score (nSPS) is 21.5. The van der Waals surface area contributed by atoms with Gasteiger partial charge in [-0.2, -0.15) is 9.29 Å². The third kappa shape index (κ3) is 3.06. The molecule has 29 heavy (non-hydrogen) atoms. The van der Waals surface area contributed by atoms with Crippen LogP contribution in [0, 0.1) is 5.41 Å². The lowest BCUT2D eigenvalue weighted by molar-refractivity contribution is 0.242. The Bertz CT molecular complexity index is 1150. The fourth-order valence-electron chi connectivity index (χ4n) is 4.10. The molecule has 2 aliphatic rings. The molecule has 9 nitrogen and oxygen atoms in total. The van der Waals surface area contributed by atoms with Crippen molar-refractivity contribution in [3.05, 3.63) is 41.9 Å². The molecule has 0 bridgehead atoms. The Morgan fingerprint density at radius 2 is 2.10 bits per heavy atom. The number of hydrogen-bond donors (Lipinski definition) is 0. The summed E-state index contributed by atoms with van der Waals surface area (Å²) < 4.78 is 34.2. The van der Waals surface area contributed by atoms with Crippen molar-refractivity contribution in [3.8, 4) is 11.4 Å². The molecular weight excluding hydrogens is 416 g/mol. The molecule has 5 rings (SSSR count). The Morgan fingerprint density at radius 1 is 1.31 bits per heavy atom. The van der Waals surface area contributed by atoms with E-state index in [9.17, 15) is 8.42 Å². The van der Waals surface area contributed by atoms with Gasteiger partial charge < -0.3 is 9.09 Å². The van der Waals surface area contributed by atoms with Gasteiger partial charge in [-0.15, -0.1) is 0 Å². The van der Waals surface area contributed by atoms with Crippen LogP contribution >= 0.6 is 11.6 Å². The Kier molecular flexibility index (Phi) is 4.27. The average molecular weight is 435 g/mol. The van der Waals surface area contributed by atoms with Crippen LogP contribution in [0.5, 0.6) is 0 Å². The first-order valence-electron chi connectivity index (χ1n) is 9.32. The number of aromatic nitrogens is 5. The van der Waals surface area contributed by atoms with Crippen LogP contribution in [0.25, 0.3) is 11.4 Å². The van der Waals surface area contributed by atoms with E-state index in [0.29, 0.717) is 24.8 Å². The van der Waals surface area contributed by atoms with Crippen molar-refractivity contribution in [1.82, 2.24) is 29.0 Å². The van der Waals surface area contributed by atoms with Gasteiger partial charge in [-0.05, 0) is 36.8 Å². The van der Waals surface area contributed by atoms with Gasteiger partial charge in [-0.25, -0.2) is 13.4 Å². The van der Waals surface area contributed by atoms with E-state index in [1.807, 2.05) is 12.1 Å². The number of imidazole rings is 1. The van der Waals surface area contributed by atoms with Gasteiger partial charge in [0.25, 0.3) is 10.0 Å². The summed E-state index contributed by atoms with van der Waals surface area (Å²) in [5.41, 5.74) is 0.837. The third-order valence-corrected chi connectivity index (χ3v) is 8.38. The highest BCUT2D eigenvalue weighted by Gasteiger charge is 2.59. The molecule has 1 spiro atoms. The Hall–Kier alpha value is -2.30. The van der Waals surface area contributed by atoms with Crippen molar-refractivity contribution < 1.29 is 12.9 Å². The number of aryl methyl sites for hydroxylation is 1. The number of nitrogens with zero attached hydrogens (tertiary/aromatic N) is 6. The molecule has 3 aromatic heterocycles. The first-order valence-corrected chi connectivity index (χ1v) is 11.1. The van der Waals surface area contributed by atoms with Crippen molar-refractivity contribution in [2.75, 3.05) is 13.1 Å². The minimum atomic E-state index is -3.70. The fraction of sp³-hybridized carbons (Fsp3) is 0.444. The highest BCUT2D eigenvalue weighted by atomic mass is 35.5. The summed E-state index contributed by atoms with van der Waals surface area (Å²) in [6.07, 6.45) is 7.22. The van der Waals surface area contributed by atoms with Crippen LogP contribution in [-0.2, 0) is 17.1 Å². The van der Waals surface area contributed by atoms with Crippen LogP contribution in [0.4, 0.5) is 0 Å².